The number of methoxy groups -OCH3 is 1. The van der Waals surface area contributed by atoms with Crippen molar-refractivity contribution in [1.29, 1.82) is 0 Å². The van der Waals surface area contributed by atoms with Crippen LogP contribution in [0.1, 0.15) is 31.2 Å². The van der Waals surface area contributed by atoms with Crippen molar-refractivity contribution in [2.24, 2.45) is 0 Å². The smallest absolute Gasteiger partial charge is 0.0605 e. The van der Waals surface area contributed by atoms with Gasteiger partial charge in [-0.15, -0.1) is 0 Å². The summed E-state index contributed by atoms with van der Waals surface area (Å²) in [5.41, 5.74) is 2.67. The van der Waals surface area contributed by atoms with E-state index in [0.717, 1.165) is 38.5 Å². The largest absolute Gasteiger partial charge is 0.381 e. The monoisotopic (exact) mass is 261 g/mol. The molecule has 0 unspecified atom stereocenters. The first-order valence-corrected chi connectivity index (χ1v) is 7.31. The Hall–Kier alpha value is -1.13. The minimum atomic E-state index is 0.431. The Morgan fingerprint density at radius 3 is 2.79 bits per heavy atom. The van der Waals surface area contributed by atoms with Crippen LogP contribution < -0.4 is 10.2 Å². The summed E-state index contributed by atoms with van der Waals surface area (Å²) in [6.45, 7) is 3.11. The maximum absolute atomic E-state index is 5.44. The van der Waals surface area contributed by atoms with Gasteiger partial charge in [-0.25, -0.2) is 0 Å². The molecule has 0 amide bonds. The third kappa shape index (κ3) is 3.25. The van der Waals surface area contributed by atoms with Gasteiger partial charge in [-0.2, -0.15) is 0 Å². The van der Waals surface area contributed by atoms with E-state index in [9.17, 15) is 0 Å². The Bertz CT molecular complexity index is 412. The summed E-state index contributed by atoms with van der Waals surface area (Å²) in [5.74, 6) is 0. The summed E-state index contributed by atoms with van der Waals surface area (Å²) in [4.78, 5) is 6.75. The van der Waals surface area contributed by atoms with Crippen LogP contribution in [0.2, 0.25) is 0 Å². The summed E-state index contributed by atoms with van der Waals surface area (Å²) >= 11 is 0. The number of hydrogen-bond donors (Lipinski definition) is 1. The highest BCUT2D eigenvalue weighted by Crippen LogP contribution is 2.25. The Kier molecular flexibility index (Phi) is 3.99. The molecule has 4 heteroatoms. The molecule has 0 atom stereocenters. The summed E-state index contributed by atoms with van der Waals surface area (Å²) in [6.07, 6.45) is 9.23. The zero-order valence-corrected chi connectivity index (χ0v) is 11.6. The van der Waals surface area contributed by atoms with Gasteiger partial charge in [-0.3, -0.25) is 4.98 Å². The van der Waals surface area contributed by atoms with E-state index in [-0.39, 0.29) is 0 Å². The van der Waals surface area contributed by atoms with Crippen molar-refractivity contribution >= 4 is 5.69 Å². The lowest BCUT2D eigenvalue weighted by Crippen LogP contribution is -2.37. The van der Waals surface area contributed by atoms with Gasteiger partial charge in [-0.05, 0) is 37.3 Å². The number of piperidine rings is 1. The van der Waals surface area contributed by atoms with Gasteiger partial charge in [0, 0.05) is 39.0 Å². The van der Waals surface area contributed by atoms with Gasteiger partial charge >= 0.3 is 0 Å². The Balaban J connectivity index is 1.65. The molecule has 1 saturated heterocycles. The normalized spacial score (nSPS) is 20.8. The molecule has 2 aliphatic rings. The van der Waals surface area contributed by atoms with Crippen LogP contribution in [-0.4, -0.2) is 37.3 Å². The minimum Gasteiger partial charge on any atom is -0.381 e. The molecular formula is C15H23N3O. The highest BCUT2D eigenvalue weighted by atomic mass is 16.5. The first-order chi connectivity index (χ1) is 9.36. The van der Waals surface area contributed by atoms with Crippen molar-refractivity contribution in [3.8, 4) is 0 Å². The van der Waals surface area contributed by atoms with E-state index < -0.39 is 0 Å². The Morgan fingerprint density at radius 1 is 1.32 bits per heavy atom. The highest BCUT2D eigenvalue weighted by Gasteiger charge is 2.23. The Labute approximate surface area is 115 Å². The van der Waals surface area contributed by atoms with Crippen molar-refractivity contribution in [2.75, 3.05) is 25.1 Å². The summed E-state index contributed by atoms with van der Waals surface area (Å²) in [5, 5.41) is 3.59. The molecule has 0 radical (unpaired) electrons. The van der Waals surface area contributed by atoms with E-state index >= 15 is 0 Å². The van der Waals surface area contributed by atoms with Gasteiger partial charge in [0.25, 0.3) is 0 Å². The van der Waals surface area contributed by atoms with Crippen molar-refractivity contribution < 1.29 is 4.74 Å². The lowest BCUT2D eigenvalue weighted by atomic mass is 10.1. The molecule has 1 aliphatic heterocycles. The molecule has 2 fully saturated rings. The van der Waals surface area contributed by atoms with Crippen molar-refractivity contribution in [1.82, 2.24) is 10.3 Å². The molecule has 0 spiro atoms. The third-order valence-corrected chi connectivity index (χ3v) is 4.16. The minimum absolute atomic E-state index is 0.431. The number of anilines is 1. The first-order valence-electron chi connectivity index (χ1n) is 7.31. The van der Waals surface area contributed by atoms with Crippen molar-refractivity contribution in [3.05, 3.63) is 24.0 Å². The zero-order chi connectivity index (χ0) is 13.1. The second-order valence-corrected chi connectivity index (χ2v) is 5.58. The van der Waals surface area contributed by atoms with Crippen LogP contribution in [0, 0.1) is 0 Å². The van der Waals surface area contributed by atoms with E-state index in [1.165, 1.54) is 24.1 Å². The molecule has 1 saturated carbocycles. The molecule has 3 rings (SSSR count). The topological polar surface area (TPSA) is 37.4 Å². The lowest BCUT2D eigenvalue weighted by molar-refractivity contribution is 0.0819. The van der Waals surface area contributed by atoms with Crippen LogP contribution in [-0.2, 0) is 11.3 Å². The second kappa shape index (κ2) is 5.88. The molecular weight excluding hydrogens is 238 g/mol. The number of aromatic nitrogens is 1. The van der Waals surface area contributed by atoms with Gasteiger partial charge in [0.05, 0.1) is 18.0 Å². The SMILES string of the molecule is COC1CCN(c2cnccc2CNC2CC2)CC1. The molecule has 1 aromatic rings. The van der Waals surface area contributed by atoms with Crippen LogP contribution in [0.25, 0.3) is 0 Å². The van der Waals surface area contributed by atoms with Crippen molar-refractivity contribution in [2.45, 2.75) is 44.4 Å². The number of nitrogens with one attached hydrogen (secondary N) is 1. The fourth-order valence-corrected chi connectivity index (χ4v) is 2.72. The third-order valence-electron chi connectivity index (χ3n) is 4.16. The molecule has 4 nitrogen and oxygen atoms in total. The van der Waals surface area contributed by atoms with E-state index in [0.29, 0.717) is 6.10 Å². The van der Waals surface area contributed by atoms with Crippen molar-refractivity contribution in [3.63, 3.8) is 0 Å². The van der Waals surface area contributed by atoms with Crippen LogP contribution in [0.3, 0.4) is 0 Å². The standard InChI is InChI=1S/C15H23N3O/c1-19-14-5-8-18(9-6-14)15-11-16-7-4-12(15)10-17-13-2-3-13/h4,7,11,13-14,17H,2-3,5-6,8-10H2,1H3. The zero-order valence-electron chi connectivity index (χ0n) is 11.6. The maximum atomic E-state index is 5.44. The van der Waals surface area contributed by atoms with Gasteiger partial charge in [0.1, 0.15) is 0 Å². The van der Waals surface area contributed by atoms with Gasteiger partial charge in [-0.1, -0.05) is 0 Å². The summed E-state index contributed by atoms with van der Waals surface area (Å²) in [7, 11) is 1.81. The van der Waals surface area contributed by atoms with Crippen LogP contribution in [0.4, 0.5) is 5.69 Å². The first kappa shape index (κ1) is 12.9. The predicted molar refractivity (Wildman–Crippen MR) is 76.3 cm³/mol. The maximum Gasteiger partial charge on any atom is 0.0605 e. The van der Waals surface area contributed by atoms with Crippen LogP contribution >= 0.6 is 0 Å². The van der Waals surface area contributed by atoms with Crippen LogP contribution in [0.5, 0.6) is 0 Å². The average molecular weight is 261 g/mol. The highest BCUT2D eigenvalue weighted by molar-refractivity contribution is 5.52. The number of ether oxygens (including phenoxy) is 1. The fourth-order valence-electron chi connectivity index (χ4n) is 2.72. The van der Waals surface area contributed by atoms with E-state index in [4.69, 9.17) is 4.74 Å². The van der Waals surface area contributed by atoms with E-state index in [1.54, 1.807) is 0 Å². The second-order valence-electron chi connectivity index (χ2n) is 5.58. The number of rotatable bonds is 5. The van der Waals surface area contributed by atoms with Gasteiger partial charge in [0.2, 0.25) is 0 Å². The molecule has 2 heterocycles. The molecule has 0 bridgehead atoms. The number of hydrogen-bond acceptors (Lipinski definition) is 4. The summed E-state index contributed by atoms with van der Waals surface area (Å²) in [6, 6.07) is 2.90. The Morgan fingerprint density at radius 2 is 2.11 bits per heavy atom. The van der Waals surface area contributed by atoms with Crippen LogP contribution in [0.15, 0.2) is 18.5 Å². The number of pyridine rings is 1. The molecule has 1 aromatic heterocycles. The predicted octanol–water partition coefficient (Wildman–Crippen LogP) is 1.95. The van der Waals surface area contributed by atoms with Gasteiger partial charge in [0.15, 0.2) is 0 Å². The molecule has 1 N–H and O–H groups in total. The van der Waals surface area contributed by atoms with E-state index in [2.05, 4.69) is 21.3 Å². The lowest BCUT2D eigenvalue weighted by Gasteiger charge is -2.33. The fraction of sp³-hybridized carbons (Fsp3) is 0.667. The molecule has 1 aliphatic carbocycles. The molecule has 0 aromatic carbocycles. The van der Waals surface area contributed by atoms with Gasteiger partial charge < -0.3 is 15.0 Å². The number of nitrogens with zero attached hydrogens (tertiary/aromatic N) is 2. The molecule has 104 valence electrons. The quantitative estimate of drug-likeness (QED) is 0.879. The molecule has 19 heavy (non-hydrogen) atoms. The van der Waals surface area contributed by atoms with E-state index in [1.807, 2.05) is 19.5 Å². The average Bonchev–Trinajstić information content (AvgIpc) is 3.30. The summed E-state index contributed by atoms with van der Waals surface area (Å²) < 4.78 is 5.44.